The summed E-state index contributed by atoms with van der Waals surface area (Å²) in [6, 6.07) is 7.11. The van der Waals surface area contributed by atoms with Crippen LogP contribution in [0.4, 0.5) is 5.69 Å². The molecule has 1 saturated heterocycles. The topological polar surface area (TPSA) is 81.1 Å². The summed E-state index contributed by atoms with van der Waals surface area (Å²) in [6.07, 6.45) is 3.38. The summed E-state index contributed by atoms with van der Waals surface area (Å²) in [7, 11) is 0. The Morgan fingerprint density at radius 1 is 1.40 bits per heavy atom. The normalized spacial score (nSPS) is 18.7. The maximum absolute atomic E-state index is 12.0. The SMILES string of the molecule is O=C(Nc1ccc(-n2ccnn2)cc1)C1COCCN1. The molecule has 1 amide bonds. The number of benzene rings is 1. The Kier molecular flexibility index (Phi) is 3.71. The Morgan fingerprint density at radius 3 is 2.90 bits per heavy atom. The average Bonchev–Trinajstić information content (AvgIpc) is 3.03. The maximum atomic E-state index is 12.0. The maximum Gasteiger partial charge on any atom is 0.243 e. The fourth-order valence-corrected chi connectivity index (χ4v) is 2.01. The predicted octanol–water partition coefficient (Wildman–Crippen LogP) is 0.194. The largest absolute Gasteiger partial charge is 0.378 e. The monoisotopic (exact) mass is 273 g/mol. The molecule has 1 aliphatic rings. The van der Waals surface area contributed by atoms with E-state index in [0.29, 0.717) is 19.8 Å². The first-order chi connectivity index (χ1) is 9.83. The third-order valence-corrected chi connectivity index (χ3v) is 3.06. The van der Waals surface area contributed by atoms with E-state index in [2.05, 4.69) is 20.9 Å². The lowest BCUT2D eigenvalue weighted by atomic mass is 10.2. The third kappa shape index (κ3) is 2.84. The molecule has 2 aromatic rings. The molecule has 1 aromatic carbocycles. The summed E-state index contributed by atoms with van der Waals surface area (Å²) in [5.74, 6) is -0.0850. The van der Waals surface area contributed by atoms with Gasteiger partial charge in [-0.05, 0) is 24.3 Å². The lowest BCUT2D eigenvalue weighted by Crippen LogP contribution is -2.48. The van der Waals surface area contributed by atoms with Crippen LogP contribution in [0.3, 0.4) is 0 Å². The molecule has 0 spiro atoms. The van der Waals surface area contributed by atoms with Gasteiger partial charge in [-0.15, -0.1) is 5.10 Å². The molecule has 1 aromatic heterocycles. The lowest BCUT2D eigenvalue weighted by Gasteiger charge is -2.22. The van der Waals surface area contributed by atoms with Crippen LogP contribution in [-0.2, 0) is 9.53 Å². The van der Waals surface area contributed by atoms with Crippen LogP contribution < -0.4 is 10.6 Å². The van der Waals surface area contributed by atoms with E-state index in [1.54, 1.807) is 17.1 Å². The highest BCUT2D eigenvalue weighted by atomic mass is 16.5. The number of anilines is 1. The van der Waals surface area contributed by atoms with Crippen molar-refractivity contribution in [2.24, 2.45) is 0 Å². The van der Waals surface area contributed by atoms with E-state index in [1.807, 2.05) is 24.3 Å². The van der Waals surface area contributed by atoms with Crippen LogP contribution in [-0.4, -0.2) is 46.7 Å². The summed E-state index contributed by atoms with van der Waals surface area (Å²) >= 11 is 0. The van der Waals surface area contributed by atoms with Crippen LogP contribution >= 0.6 is 0 Å². The molecule has 0 saturated carbocycles. The van der Waals surface area contributed by atoms with Crippen LogP contribution in [0, 0.1) is 0 Å². The molecule has 2 N–H and O–H groups in total. The second-order valence-corrected chi connectivity index (χ2v) is 4.47. The third-order valence-electron chi connectivity index (χ3n) is 3.06. The number of hydrogen-bond acceptors (Lipinski definition) is 5. The Hall–Kier alpha value is -2.25. The van der Waals surface area contributed by atoms with Crippen LogP contribution in [0.15, 0.2) is 36.7 Å². The molecule has 2 heterocycles. The van der Waals surface area contributed by atoms with Gasteiger partial charge in [0.1, 0.15) is 6.04 Å². The molecule has 1 aliphatic heterocycles. The van der Waals surface area contributed by atoms with Crippen LogP contribution in [0.25, 0.3) is 5.69 Å². The highest BCUT2D eigenvalue weighted by Gasteiger charge is 2.20. The predicted molar refractivity (Wildman–Crippen MR) is 72.6 cm³/mol. The van der Waals surface area contributed by atoms with Gasteiger partial charge >= 0.3 is 0 Å². The van der Waals surface area contributed by atoms with E-state index in [4.69, 9.17) is 4.74 Å². The van der Waals surface area contributed by atoms with E-state index in [9.17, 15) is 4.79 Å². The molecular weight excluding hydrogens is 258 g/mol. The summed E-state index contributed by atoms with van der Waals surface area (Å²) in [5.41, 5.74) is 1.63. The number of hydrogen-bond donors (Lipinski definition) is 2. The zero-order chi connectivity index (χ0) is 13.8. The molecule has 1 atom stereocenters. The molecule has 0 aliphatic carbocycles. The first kappa shape index (κ1) is 12.8. The fourth-order valence-electron chi connectivity index (χ4n) is 2.01. The summed E-state index contributed by atoms with van der Waals surface area (Å²) in [6.45, 7) is 1.75. The van der Waals surface area contributed by atoms with Gasteiger partial charge in [0.25, 0.3) is 0 Å². The Morgan fingerprint density at radius 2 is 2.25 bits per heavy atom. The number of rotatable bonds is 3. The minimum atomic E-state index is -0.293. The second-order valence-electron chi connectivity index (χ2n) is 4.47. The zero-order valence-electron chi connectivity index (χ0n) is 10.8. The van der Waals surface area contributed by atoms with Crippen molar-refractivity contribution < 1.29 is 9.53 Å². The molecule has 1 unspecified atom stereocenters. The Labute approximate surface area is 115 Å². The van der Waals surface area contributed by atoms with Crippen LogP contribution in [0.5, 0.6) is 0 Å². The van der Waals surface area contributed by atoms with Gasteiger partial charge < -0.3 is 15.4 Å². The molecule has 1 fully saturated rings. The Balaban J connectivity index is 1.64. The number of morpholine rings is 1. The van der Waals surface area contributed by atoms with Crippen molar-refractivity contribution in [3.05, 3.63) is 36.7 Å². The van der Waals surface area contributed by atoms with Gasteiger partial charge in [-0.3, -0.25) is 4.79 Å². The number of carbonyl (C=O) groups is 1. The Bertz CT molecular complexity index is 561. The van der Waals surface area contributed by atoms with E-state index in [0.717, 1.165) is 11.4 Å². The van der Waals surface area contributed by atoms with Gasteiger partial charge in [0, 0.05) is 12.2 Å². The van der Waals surface area contributed by atoms with Crippen molar-refractivity contribution in [2.75, 3.05) is 25.1 Å². The van der Waals surface area contributed by atoms with Gasteiger partial charge in [0.05, 0.1) is 31.3 Å². The number of amides is 1. The van der Waals surface area contributed by atoms with Crippen LogP contribution in [0.2, 0.25) is 0 Å². The van der Waals surface area contributed by atoms with Crippen LogP contribution in [0.1, 0.15) is 0 Å². The van der Waals surface area contributed by atoms with Crippen molar-refractivity contribution in [3.63, 3.8) is 0 Å². The molecule has 20 heavy (non-hydrogen) atoms. The van der Waals surface area contributed by atoms with Gasteiger partial charge in [-0.1, -0.05) is 5.21 Å². The molecule has 104 valence electrons. The van der Waals surface area contributed by atoms with Gasteiger partial charge in [-0.25, -0.2) is 4.68 Å². The minimum absolute atomic E-state index is 0.0850. The summed E-state index contributed by atoms with van der Waals surface area (Å²) < 4.78 is 6.92. The standard InChI is InChI=1S/C13H15N5O2/c19-13(12-9-20-8-6-14-12)16-10-1-3-11(4-2-10)18-7-5-15-17-18/h1-5,7,12,14H,6,8-9H2,(H,16,19). The van der Waals surface area contributed by atoms with Crippen molar-refractivity contribution in [1.29, 1.82) is 0 Å². The first-order valence-electron chi connectivity index (χ1n) is 6.42. The summed E-state index contributed by atoms with van der Waals surface area (Å²) in [4.78, 5) is 12.0. The number of aromatic nitrogens is 3. The van der Waals surface area contributed by atoms with E-state index in [-0.39, 0.29) is 11.9 Å². The number of ether oxygens (including phenoxy) is 1. The van der Waals surface area contributed by atoms with E-state index >= 15 is 0 Å². The smallest absolute Gasteiger partial charge is 0.243 e. The highest BCUT2D eigenvalue weighted by molar-refractivity contribution is 5.95. The fraction of sp³-hybridized carbons (Fsp3) is 0.308. The van der Waals surface area contributed by atoms with Gasteiger partial charge in [0.2, 0.25) is 5.91 Å². The zero-order valence-corrected chi connectivity index (χ0v) is 10.8. The molecule has 7 heteroatoms. The van der Waals surface area contributed by atoms with E-state index in [1.165, 1.54) is 0 Å². The number of nitrogens with one attached hydrogen (secondary N) is 2. The van der Waals surface area contributed by atoms with Gasteiger partial charge in [-0.2, -0.15) is 0 Å². The highest BCUT2D eigenvalue weighted by Crippen LogP contribution is 2.12. The van der Waals surface area contributed by atoms with Crippen molar-refractivity contribution >= 4 is 11.6 Å². The van der Waals surface area contributed by atoms with Crippen molar-refractivity contribution in [2.45, 2.75) is 6.04 Å². The number of nitrogens with zero attached hydrogens (tertiary/aromatic N) is 3. The lowest BCUT2D eigenvalue weighted by molar-refractivity contribution is -0.120. The average molecular weight is 273 g/mol. The molecule has 0 radical (unpaired) electrons. The van der Waals surface area contributed by atoms with Gasteiger partial charge in [0.15, 0.2) is 0 Å². The quantitative estimate of drug-likeness (QED) is 0.834. The first-order valence-corrected chi connectivity index (χ1v) is 6.42. The van der Waals surface area contributed by atoms with Crippen molar-refractivity contribution in [1.82, 2.24) is 20.3 Å². The molecule has 3 rings (SSSR count). The minimum Gasteiger partial charge on any atom is -0.378 e. The molecule has 7 nitrogen and oxygen atoms in total. The second kappa shape index (κ2) is 5.81. The van der Waals surface area contributed by atoms with E-state index < -0.39 is 0 Å². The number of carbonyl (C=O) groups excluding carboxylic acids is 1. The van der Waals surface area contributed by atoms with Crippen molar-refractivity contribution in [3.8, 4) is 5.69 Å². The summed E-state index contributed by atoms with van der Waals surface area (Å²) in [5, 5.41) is 13.6. The molecular formula is C13H15N5O2. The molecule has 0 bridgehead atoms.